The molecule has 2 aromatic carbocycles. The molecule has 2 N–H and O–H groups in total. The zero-order valence-corrected chi connectivity index (χ0v) is 20.3. The SMILES string of the molecule is C=C(CN1CCCC1)N1CCN(c2cc(C)ccc2C)CC1.N#Cc1cc(NC=O)ccc1O. The molecule has 0 radical (unpaired) electrons. The van der Waals surface area contributed by atoms with E-state index in [9.17, 15) is 4.79 Å². The molecule has 2 aliphatic rings. The Morgan fingerprint density at radius 1 is 1.09 bits per heavy atom. The van der Waals surface area contributed by atoms with Gasteiger partial charge in [0.05, 0.1) is 5.56 Å². The van der Waals surface area contributed by atoms with Crippen molar-refractivity contribution in [2.45, 2.75) is 26.7 Å². The van der Waals surface area contributed by atoms with Crippen molar-refractivity contribution < 1.29 is 9.90 Å². The third-order valence-electron chi connectivity index (χ3n) is 6.38. The predicted octanol–water partition coefficient (Wildman–Crippen LogP) is 3.87. The molecule has 0 unspecified atom stereocenters. The zero-order valence-electron chi connectivity index (χ0n) is 20.3. The fourth-order valence-corrected chi connectivity index (χ4v) is 4.41. The van der Waals surface area contributed by atoms with Gasteiger partial charge < -0.3 is 20.2 Å². The van der Waals surface area contributed by atoms with Crippen LogP contribution in [0, 0.1) is 25.2 Å². The second-order valence-electron chi connectivity index (χ2n) is 8.92. The van der Waals surface area contributed by atoms with Gasteiger partial charge in [-0.05, 0) is 75.2 Å². The summed E-state index contributed by atoms with van der Waals surface area (Å²) in [4.78, 5) is 17.6. The van der Waals surface area contributed by atoms with Crippen LogP contribution in [-0.4, -0.2) is 67.1 Å². The van der Waals surface area contributed by atoms with E-state index in [4.69, 9.17) is 10.4 Å². The number of nitriles is 1. The maximum Gasteiger partial charge on any atom is 0.211 e. The Balaban J connectivity index is 0.000000229. The summed E-state index contributed by atoms with van der Waals surface area (Å²) >= 11 is 0. The second kappa shape index (κ2) is 12.1. The Morgan fingerprint density at radius 3 is 2.44 bits per heavy atom. The molecule has 2 fully saturated rings. The molecule has 2 aliphatic heterocycles. The van der Waals surface area contributed by atoms with Crippen LogP contribution >= 0.6 is 0 Å². The smallest absolute Gasteiger partial charge is 0.211 e. The maximum atomic E-state index is 10.0. The van der Waals surface area contributed by atoms with Gasteiger partial charge in [-0.25, -0.2) is 0 Å². The number of hydrogen-bond donors (Lipinski definition) is 2. The molecule has 2 heterocycles. The van der Waals surface area contributed by atoms with Crippen LogP contribution in [-0.2, 0) is 4.79 Å². The molecule has 0 spiro atoms. The molecule has 2 saturated heterocycles. The summed E-state index contributed by atoms with van der Waals surface area (Å²) < 4.78 is 0. The van der Waals surface area contributed by atoms with Crippen molar-refractivity contribution in [3.8, 4) is 11.8 Å². The van der Waals surface area contributed by atoms with Gasteiger partial charge in [0.15, 0.2) is 0 Å². The van der Waals surface area contributed by atoms with Gasteiger partial charge in [-0.1, -0.05) is 18.7 Å². The number of carbonyl (C=O) groups excluding carboxylic acids is 1. The van der Waals surface area contributed by atoms with Crippen LogP contribution in [0.4, 0.5) is 11.4 Å². The minimum atomic E-state index is -0.0889. The lowest BCUT2D eigenvalue weighted by Crippen LogP contribution is -2.47. The van der Waals surface area contributed by atoms with E-state index < -0.39 is 0 Å². The van der Waals surface area contributed by atoms with Crippen molar-refractivity contribution in [2.75, 3.05) is 56.0 Å². The molecule has 0 atom stereocenters. The number of likely N-dealkylation sites (tertiary alicyclic amines) is 1. The molecule has 0 bridgehead atoms. The normalized spacial score (nSPS) is 15.8. The van der Waals surface area contributed by atoms with Crippen molar-refractivity contribution in [1.29, 1.82) is 5.26 Å². The van der Waals surface area contributed by atoms with E-state index in [1.165, 1.54) is 66.6 Å². The van der Waals surface area contributed by atoms with Crippen LogP contribution < -0.4 is 10.2 Å². The van der Waals surface area contributed by atoms with E-state index in [0.29, 0.717) is 12.1 Å². The van der Waals surface area contributed by atoms with E-state index in [1.807, 2.05) is 0 Å². The van der Waals surface area contributed by atoms with E-state index >= 15 is 0 Å². The number of rotatable bonds is 6. The number of nitrogens with one attached hydrogen (secondary N) is 1. The topological polar surface area (TPSA) is 82.8 Å². The molecule has 0 aromatic heterocycles. The molecule has 180 valence electrons. The largest absolute Gasteiger partial charge is 0.507 e. The first kappa shape index (κ1) is 25.1. The van der Waals surface area contributed by atoms with Crippen LogP contribution in [0.5, 0.6) is 5.75 Å². The van der Waals surface area contributed by atoms with Gasteiger partial charge in [0.2, 0.25) is 6.41 Å². The third-order valence-corrected chi connectivity index (χ3v) is 6.38. The molecule has 7 nitrogen and oxygen atoms in total. The van der Waals surface area contributed by atoms with Gasteiger partial charge in [-0.15, -0.1) is 0 Å². The summed E-state index contributed by atoms with van der Waals surface area (Å²) in [7, 11) is 0. The van der Waals surface area contributed by atoms with E-state index in [0.717, 1.165) is 32.7 Å². The highest BCUT2D eigenvalue weighted by Crippen LogP contribution is 2.24. The minimum Gasteiger partial charge on any atom is -0.507 e. The Morgan fingerprint density at radius 2 is 1.79 bits per heavy atom. The van der Waals surface area contributed by atoms with Gasteiger partial charge in [0, 0.05) is 49.8 Å². The Bertz CT molecular complexity index is 1030. The van der Waals surface area contributed by atoms with Crippen LogP contribution in [0.15, 0.2) is 48.7 Å². The summed E-state index contributed by atoms with van der Waals surface area (Å²) in [5.74, 6) is -0.0889. The summed E-state index contributed by atoms with van der Waals surface area (Å²) in [5.41, 5.74) is 6.07. The van der Waals surface area contributed by atoms with Crippen molar-refractivity contribution >= 4 is 17.8 Å². The van der Waals surface area contributed by atoms with Crippen molar-refractivity contribution in [3.05, 3.63) is 65.4 Å². The fraction of sp³-hybridized carbons (Fsp3) is 0.407. The number of carbonyl (C=O) groups is 1. The highest BCUT2D eigenvalue weighted by Gasteiger charge is 2.21. The van der Waals surface area contributed by atoms with Crippen molar-refractivity contribution in [3.63, 3.8) is 0 Å². The molecule has 34 heavy (non-hydrogen) atoms. The zero-order chi connectivity index (χ0) is 24.5. The number of aromatic hydroxyl groups is 1. The van der Waals surface area contributed by atoms with Gasteiger partial charge >= 0.3 is 0 Å². The van der Waals surface area contributed by atoms with E-state index in [1.54, 1.807) is 6.07 Å². The maximum absolute atomic E-state index is 10.0. The van der Waals surface area contributed by atoms with Crippen LogP contribution in [0.2, 0.25) is 0 Å². The number of phenols is 1. The Labute approximate surface area is 202 Å². The van der Waals surface area contributed by atoms with E-state index in [-0.39, 0.29) is 11.3 Å². The first-order valence-electron chi connectivity index (χ1n) is 11.8. The third kappa shape index (κ3) is 6.75. The first-order valence-corrected chi connectivity index (χ1v) is 11.8. The van der Waals surface area contributed by atoms with Gasteiger partial charge in [0.25, 0.3) is 0 Å². The highest BCUT2D eigenvalue weighted by molar-refractivity contribution is 5.72. The van der Waals surface area contributed by atoms with Gasteiger partial charge in [0.1, 0.15) is 11.8 Å². The highest BCUT2D eigenvalue weighted by atomic mass is 16.3. The fourth-order valence-electron chi connectivity index (χ4n) is 4.41. The van der Waals surface area contributed by atoms with Crippen LogP contribution in [0.25, 0.3) is 0 Å². The molecular formula is C27H35N5O2. The monoisotopic (exact) mass is 461 g/mol. The number of benzene rings is 2. The van der Waals surface area contributed by atoms with Gasteiger partial charge in [-0.2, -0.15) is 5.26 Å². The summed E-state index contributed by atoms with van der Waals surface area (Å²) in [5, 5.41) is 19.9. The standard InChI is InChI=1S/C19H29N3.C8H6N2O2/c1-16-6-7-17(2)19(14-16)22-12-10-21(11-13-22)18(3)15-20-8-4-5-9-20;9-4-6-3-7(10-5-11)1-2-8(6)12/h6-7,14H,3-5,8-13,15H2,1-2H3;1-3,5,12H,(H,10,11). The lowest BCUT2D eigenvalue weighted by atomic mass is 10.1. The second-order valence-corrected chi connectivity index (χ2v) is 8.92. The number of aryl methyl sites for hydroxylation is 2. The number of nitrogens with zero attached hydrogens (tertiary/aromatic N) is 4. The lowest BCUT2D eigenvalue weighted by Gasteiger charge is -2.39. The Kier molecular flexibility index (Phi) is 8.94. The predicted molar refractivity (Wildman–Crippen MR) is 137 cm³/mol. The molecule has 2 aromatic rings. The number of hydrogen-bond acceptors (Lipinski definition) is 6. The summed E-state index contributed by atoms with van der Waals surface area (Å²) in [6, 6.07) is 12.8. The van der Waals surface area contributed by atoms with E-state index in [2.05, 4.69) is 58.6 Å². The molecule has 7 heteroatoms. The van der Waals surface area contributed by atoms with Crippen LogP contribution in [0.1, 0.15) is 29.5 Å². The number of phenolic OH excluding ortho intramolecular Hbond substituents is 1. The average molecular weight is 462 g/mol. The van der Waals surface area contributed by atoms with Gasteiger partial charge in [-0.3, -0.25) is 9.69 Å². The van der Waals surface area contributed by atoms with Crippen LogP contribution in [0.3, 0.4) is 0 Å². The summed E-state index contributed by atoms with van der Waals surface area (Å²) in [6.07, 6.45) is 3.22. The number of anilines is 2. The molecule has 0 saturated carbocycles. The molecule has 1 amide bonds. The number of amides is 1. The molecular weight excluding hydrogens is 426 g/mol. The quantitative estimate of drug-likeness (QED) is 0.502. The molecule has 0 aliphatic carbocycles. The molecule has 4 rings (SSSR count). The van der Waals surface area contributed by atoms with Crippen molar-refractivity contribution in [2.24, 2.45) is 0 Å². The average Bonchev–Trinajstić information content (AvgIpc) is 3.35. The summed E-state index contributed by atoms with van der Waals surface area (Å²) in [6.45, 7) is 16.7. The Hall–Kier alpha value is -3.50. The number of piperazine rings is 1. The minimum absolute atomic E-state index is 0.0889. The lowest BCUT2D eigenvalue weighted by molar-refractivity contribution is -0.105. The first-order chi connectivity index (χ1) is 16.4. The van der Waals surface area contributed by atoms with Crippen molar-refractivity contribution in [1.82, 2.24) is 9.80 Å².